The minimum atomic E-state index is -0.451. The SMILES string of the molecule is Cc1ccc(-n2cc(C(=O)OCCCc3cncs3)nn2)cc1. The van der Waals surface area contributed by atoms with Crippen molar-refractivity contribution < 1.29 is 9.53 Å². The third-order valence-electron chi connectivity index (χ3n) is 3.29. The van der Waals surface area contributed by atoms with Gasteiger partial charge in [-0.1, -0.05) is 22.9 Å². The number of aromatic nitrogens is 4. The Morgan fingerprint density at radius 3 is 2.87 bits per heavy atom. The largest absolute Gasteiger partial charge is 0.461 e. The highest BCUT2D eigenvalue weighted by Gasteiger charge is 2.13. The van der Waals surface area contributed by atoms with Gasteiger partial charge in [0.1, 0.15) is 0 Å². The smallest absolute Gasteiger partial charge is 0.360 e. The molecule has 2 heterocycles. The average molecular weight is 328 g/mol. The molecule has 3 aromatic rings. The van der Waals surface area contributed by atoms with Gasteiger partial charge in [0.2, 0.25) is 0 Å². The van der Waals surface area contributed by atoms with Gasteiger partial charge in [0.05, 0.1) is 24.0 Å². The number of benzene rings is 1. The van der Waals surface area contributed by atoms with Gasteiger partial charge in [0, 0.05) is 11.1 Å². The lowest BCUT2D eigenvalue weighted by molar-refractivity contribution is 0.0494. The van der Waals surface area contributed by atoms with Gasteiger partial charge in [0.15, 0.2) is 5.69 Å². The van der Waals surface area contributed by atoms with E-state index >= 15 is 0 Å². The van der Waals surface area contributed by atoms with E-state index in [-0.39, 0.29) is 5.69 Å². The van der Waals surface area contributed by atoms with Crippen LogP contribution >= 0.6 is 11.3 Å². The van der Waals surface area contributed by atoms with Crippen molar-refractivity contribution in [2.24, 2.45) is 0 Å². The zero-order chi connectivity index (χ0) is 16.1. The van der Waals surface area contributed by atoms with Crippen molar-refractivity contribution in [1.29, 1.82) is 0 Å². The molecule has 2 aromatic heterocycles. The first-order chi connectivity index (χ1) is 11.2. The van der Waals surface area contributed by atoms with Gasteiger partial charge >= 0.3 is 5.97 Å². The lowest BCUT2D eigenvalue weighted by Crippen LogP contribution is -2.07. The van der Waals surface area contributed by atoms with Crippen LogP contribution < -0.4 is 0 Å². The highest BCUT2D eigenvalue weighted by molar-refractivity contribution is 7.09. The van der Waals surface area contributed by atoms with E-state index in [9.17, 15) is 4.79 Å². The van der Waals surface area contributed by atoms with Crippen LogP contribution in [0.2, 0.25) is 0 Å². The Morgan fingerprint density at radius 1 is 1.30 bits per heavy atom. The molecule has 0 saturated carbocycles. The summed E-state index contributed by atoms with van der Waals surface area (Å²) < 4.78 is 6.79. The van der Waals surface area contributed by atoms with Crippen molar-refractivity contribution in [1.82, 2.24) is 20.0 Å². The minimum absolute atomic E-state index is 0.211. The third-order valence-corrected chi connectivity index (χ3v) is 4.12. The highest BCUT2D eigenvalue weighted by atomic mass is 32.1. The molecule has 0 spiro atoms. The zero-order valence-corrected chi connectivity index (χ0v) is 13.5. The molecule has 3 rings (SSSR count). The number of nitrogens with zero attached hydrogens (tertiary/aromatic N) is 4. The molecule has 0 saturated heterocycles. The van der Waals surface area contributed by atoms with Gasteiger partial charge in [-0.05, 0) is 31.9 Å². The van der Waals surface area contributed by atoms with E-state index in [0.717, 1.165) is 24.1 Å². The lowest BCUT2D eigenvalue weighted by atomic mass is 10.2. The van der Waals surface area contributed by atoms with Crippen LogP contribution in [-0.4, -0.2) is 32.6 Å². The van der Waals surface area contributed by atoms with Gasteiger partial charge in [-0.25, -0.2) is 9.48 Å². The Hall–Kier alpha value is -2.54. The molecule has 0 radical (unpaired) electrons. The van der Waals surface area contributed by atoms with Crippen LogP contribution in [-0.2, 0) is 11.2 Å². The number of esters is 1. The lowest BCUT2D eigenvalue weighted by Gasteiger charge is -2.01. The molecule has 6 nitrogen and oxygen atoms in total. The number of carbonyl (C=O) groups excluding carboxylic acids is 1. The maximum Gasteiger partial charge on any atom is 0.360 e. The van der Waals surface area contributed by atoms with Crippen LogP contribution in [0.3, 0.4) is 0 Å². The Balaban J connectivity index is 1.52. The summed E-state index contributed by atoms with van der Waals surface area (Å²) in [7, 11) is 0. The van der Waals surface area contributed by atoms with Gasteiger partial charge in [0.25, 0.3) is 0 Å². The third kappa shape index (κ3) is 4.01. The van der Waals surface area contributed by atoms with Crippen LogP contribution in [0.15, 0.2) is 42.2 Å². The molecule has 23 heavy (non-hydrogen) atoms. The molecule has 0 atom stereocenters. The molecular weight excluding hydrogens is 312 g/mol. The monoisotopic (exact) mass is 328 g/mol. The minimum Gasteiger partial charge on any atom is -0.461 e. The second-order valence-corrected chi connectivity index (χ2v) is 6.06. The van der Waals surface area contributed by atoms with Crippen molar-refractivity contribution in [2.75, 3.05) is 6.61 Å². The Labute approximate surface area is 137 Å². The summed E-state index contributed by atoms with van der Waals surface area (Å²) in [5.41, 5.74) is 4.02. The van der Waals surface area contributed by atoms with Crippen molar-refractivity contribution >= 4 is 17.3 Å². The van der Waals surface area contributed by atoms with E-state index in [0.29, 0.717) is 6.61 Å². The molecule has 0 bridgehead atoms. The van der Waals surface area contributed by atoms with E-state index in [1.54, 1.807) is 27.7 Å². The Kier molecular flexibility index (Phi) is 4.77. The van der Waals surface area contributed by atoms with Crippen molar-refractivity contribution in [2.45, 2.75) is 19.8 Å². The summed E-state index contributed by atoms with van der Waals surface area (Å²) in [5, 5.41) is 7.84. The fourth-order valence-corrected chi connectivity index (χ4v) is 2.67. The van der Waals surface area contributed by atoms with Crippen LogP contribution in [0.1, 0.15) is 27.3 Å². The molecule has 0 amide bonds. The predicted octanol–water partition coefficient (Wildman–Crippen LogP) is 2.82. The van der Waals surface area contributed by atoms with Gasteiger partial charge in [-0.2, -0.15) is 0 Å². The molecule has 0 aliphatic heterocycles. The van der Waals surface area contributed by atoms with E-state index in [4.69, 9.17) is 4.74 Å². The van der Waals surface area contributed by atoms with E-state index in [2.05, 4.69) is 15.3 Å². The number of ether oxygens (including phenoxy) is 1. The first kappa shape index (κ1) is 15.4. The molecule has 0 aliphatic carbocycles. The van der Waals surface area contributed by atoms with Gasteiger partial charge < -0.3 is 4.74 Å². The predicted molar refractivity (Wildman–Crippen MR) is 86.8 cm³/mol. The summed E-state index contributed by atoms with van der Waals surface area (Å²) >= 11 is 1.60. The van der Waals surface area contributed by atoms with Gasteiger partial charge in [-0.15, -0.1) is 16.4 Å². The zero-order valence-electron chi connectivity index (χ0n) is 12.7. The van der Waals surface area contributed by atoms with Crippen molar-refractivity contribution in [3.05, 3.63) is 58.3 Å². The molecule has 1 aromatic carbocycles. The molecular formula is C16H16N4O2S. The first-order valence-corrected chi connectivity index (χ1v) is 8.14. The fraction of sp³-hybridized carbons (Fsp3) is 0.250. The summed E-state index contributed by atoms with van der Waals surface area (Å²) in [5.74, 6) is -0.451. The van der Waals surface area contributed by atoms with Gasteiger partial charge in [-0.3, -0.25) is 4.98 Å². The summed E-state index contributed by atoms with van der Waals surface area (Å²) in [6.07, 6.45) is 5.03. The summed E-state index contributed by atoms with van der Waals surface area (Å²) in [6, 6.07) is 7.81. The number of aryl methyl sites for hydroxylation is 2. The Morgan fingerprint density at radius 2 is 2.13 bits per heavy atom. The molecule has 0 unspecified atom stereocenters. The average Bonchev–Trinajstić information content (AvgIpc) is 3.24. The highest BCUT2D eigenvalue weighted by Crippen LogP contribution is 2.10. The van der Waals surface area contributed by atoms with Crippen LogP contribution in [0, 0.1) is 6.92 Å². The summed E-state index contributed by atoms with van der Waals surface area (Å²) in [6.45, 7) is 2.37. The maximum absolute atomic E-state index is 12.0. The first-order valence-electron chi connectivity index (χ1n) is 7.26. The second-order valence-electron chi connectivity index (χ2n) is 5.09. The Bertz CT molecular complexity index is 766. The number of hydrogen-bond acceptors (Lipinski definition) is 6. The number of rotatable bonds is 6. The van der Waals surface area contributed by atoms with E-state index < -0.39 is 5.97 Å². The van der Waals surface area contributed by atoms with Crippen LogP contribution in [0.25, 0.3) is 5.69 Å². The number of carbonyl (C=O) groups is 1. The molecule has 7 heteroatoms. The van der Waals surface area contributed by atoms with E-state index in [1.165, 1.54) is 4.88 Å². The molecule has 0 aliphatic rings. The quantitative estimate of drug-likeness (QED) is 0.514. The summed E-state index contributed by atoms with van der Waals surface area (Å²) in [4.78, 5) is 17.2. The standard InChI is InChI=1S/C16H16N4O2S/c1-12-4-6-13(7-5-12)20-10-15(18-19-20)16(21)22-8-2-3-14-9-17-11-23-14/h4-7,9-11H,2-3,8H2,1H3. The molecule has 0 N–H and O–H groups in total. The van der Waals surface area contributed by atoms with Crippen LogP contribution in [0.4, 0.5) is 0 Å². The topological polar surface area (TPSA) is 69.9 Å². The normalized spacial score (nSPS) is 10.7. The van der Waals surface area contributed by atoms with Crippen molar-refractivity contribution in [3.63, 3.8) is 0 Å². The number of thiazole rings is 1. The maximum atomic E-state index is 12.0. The molecule has 118 valence electrons. The second kappa shape index (κ2) is 7.15. The van der Waals surface area contributed by atoms with Crippen LogP contribution in [0.5, 0.6) is 0 Å². The fourth-order valence-electron chi connectivity index (χ4n) is 2.03. The van der Waals surface area contributed by atoms with E-state index in [1.807, 2.05) is 37.4 Å². The molecule has 0 fully saturated rings. The van der Waals surface area contributed by atoms with Crippen molar-refractivity contribution in [3.8, 4) is 5.69 Å². The number of hydrogen-bond donors (Lipinski definition) is 0.